The third-order valence-corrected chi connectivity index (χ3v) is 4.99. The highest BCUT2D eigenvalue weighted by Crippen LogP contribution is 2.36. The fourth-order valence-electron chi connectivity index (χ4n) is 3.22. The summed E-state index contributed by atoms with van der Waals surface area (Å²) in [4.78, 5) is 15.3. The Morgan fingerprint density at radius 3 is 2.50 bits per heavy atom. The predicted molar refractivity (Wildman–Crippen MR) is 101 cm³/mol. The Bertz CT molecular complexity index is 853. The highest BCUT2D eigenvalue weighted by Gasteiger charge is 2.33. The van der Waals surface area contributed by atoms with Crippen LogP contribution in [-0.4, -0.2) is 43.7 Å². The van der Waals surface area contributed by atoms with Crippen LogP contribution in [0.5, 0.6) is 5.75 Å². The molecule has 1 heterocycles. The van der Waals surface area contributed by atoms with Gasteiger partial charge in [-0.2, -0.15) is 13.2 Å². The number of halogens is 4. The summed E-state index contributed by atoms with van der Waals surface area (Å²) in [6, 6.07) is 10.4. The first-order chi connectivity index (χ1) is 13.2. The van der Waals surface area contributed by atoms with E-state index in [1.807, 2.05) is 17.0 Å². The molecule has 0 aromatic heterocycles. The number of phenols is 1. The number of aromatic hydroxyl groups is 1. The zero-order valence-corrected chi connectivity index (χ0v) is 15.6. The maximum absolute atomic E-state index is 12.9. The van der Waals surface area contributed by atoms with Crippen LogP contribution < -0.4 is 15.1 Å². The number of carbonyl (C=O) groups excluding carboxylic acids is 1. The number of benzene rings is 2. The molecule has 1 amide bonds. The van der Waals surface area contributed by atoms with Crippen LogP contribution in [0.3, 0.4) is 0 Å². The van der Waals surface area contributed by atoms with Crippen molar-refractivity contribution in [1.82, 2.24) is 0 Å². The standard InChI is InChI=1S/C19H19ClF3N3O2/c20-15-6-5-13(11-14(15)19(21,22)23)24-18(28)12-25-7-9-26(10-8-25)16-3-1-2-4-17(16)27/h1-6,11,27H,7-10,12H2,(H,24,28)/p+1. The second-order valence-corrected chi connectivity index (χ2v) is 7.05. The Kier molecular flexibility index (Phi) is 6.00. The number of nitrogens with zero attached hydrogens (tertiary/aromatic N) is 1. The molecule has 28 heavy (non-hydrogen) atoms. The van der Waals surface area contributed by atoms with Crippen LogP contribution in [0.2, 0.25) is 5.02 Å². The minimum Gasteiger partial charge on any atom is -0.506 e. The van der Waals surface area contributed by atoms with Crippen LogP contribution in [0.25, 0.3) is 0 Å². The summed E-state index contributed by atoms with van der Waals surface area (Å²) >= 11 is 5.59. The van der Waals surface area contributed by atoms with Crippen molar-refractivity contribution in [1.29, 1.82) is 0 Å². The highest BCUT2D eigenvalue weighted by molar-refractivity contribution is 6.31. The molecule has 150 valence electrons. The van der Waals surface area contributed by atoms with Gasteiger partial charge in [0.05, 0.1) is 42.5 Å². The van der Waals surface area contributed by atoms with Gasteiger partial charge in [0.15, 0.2) is 6.54 Å². The van der Waals surface area contributed by atoms with E-state index in [-0.39, 0.29) is 23.9 Å². The first-order valence-electron chi connectivity index (χ1n) is 8.77. The summed E-state index contributed by atoms with van der Waals surface area (Å²) in [6.07, 6.45) is -4.58. The molecule has 1 aliphatic heterocycles. The third-order valence-electron chi connectivity index (χ3n) is 4.66. The Morgan fingerprint density at radius 2 is 1.86 bits per heavy atom. The van der Waals surface area contributed by atoms with Gasteiger partial charge in [-0.3, -0.25) is 4.79 Å². The van der Waals surface area contributed by atoms with E-state index in [4.69, 9.17) is 11.6 Å². The number of para-hydroxylation sites is 2. The van der Waals surface area contributed by atoms with Gasteiger partial charge in [0.1, 0.15) is 5.75 Å². The number of nitrogens with one attached hydrogen (secondary N) is 2. The van der Waals surface area contributed by atoms with Crippen molar-refractivity contribution in [3.8, 4) is 5.75 Å². The van der Waals surface area contributed by atoms with Gasteiger partial charge in [0.2, 0.25) is 0 Å². The van der Waals surface area contributed by atoms with Gasteiger partial charge < -0.3 is 20.2 Å². The molecule has 9 heteroatoms. The molecule has 3 N–H and O–H groups in total. The van der Waals surface area contributed by atoms with E-state index in [0.717, 1.165) is 22.7 Å². The lowest BCUT2D eigenvalue weighted by atomic mass is 10.2. The third kappa shape index (κ3) is 4.88. The van der Waals surface area contributed by atoms with E-state index in [9.17, 15) is 23.1 Å². The zero-order chi connectivity index (χ0) is 20.3. The van der Waals surface area contributed by atoms with Gasteiger partial charge in [-0.05, 0) is 30.3 Å². The van der Waals surface area contributed by atoms with Gasteiger partial charge >= 0.3 is 6.18 Å². The molecule has 1 fully saturated rings. The topological polar surface area (TPSA) is 57.0 Å². The average Bonchev–Trinajstić information content (AvgIpc) is 2.63. The Morgan fingerprint density at radius 1 is 1.18 bits per heavy atom. The lowest BCUT2D eigenvalue weighted by Crippen LogP contribution is -3.15. The lowest BCUT2D eigenvalue weighted by molar-refractivity contribution is -0.892. The first-order valence-corrected chi connectivity index (χ1v) is 9.15. The fraction of sp³-hybridized carbons (Fsp3) is 0.316. The van der Waals surface area contributed by atoms with Gasteiger partial charge in [-0.1, -0.05) is 23.7 Å². The molecule has 0 saturated carbocycles. The van der Waals surface area contributed by atoms with Crippen molar-refractivity contribution in [2.75, 3.05) is 42.9 Å². The predicted octanol–water partition coefficient (Wildman–Crippen LogP) is 2.41. The van der Waals surface area contributed by atoms with E-state index < -0.39 is 16.8 Å². The van der Waals surface area contributed by atoms with Gasteiger partial charge in [-0.25, -0.2) is 0 Å². The number of quaternary nitrogens is 1. The summed E-state index contributed by atoms with van der Waals surface area (Å²) in [5.74, 6) is -0.145. The minimum absolute atomic E-state index is 0.0639. The highest BCUT2D eigenvalue weighted by atomic mass is 35.5. The molecule has 2 aromatic carbocycles. The van der Waals surface area contributed by atoms with Crippen LogP contribution in [-0.2, 0) is 11.0 Å². The van der Waals surface area contributed by atoms with Crippen molar-refractivity contribution < 1.29 is 28.0 Å². The summed E-state index contributed by atoms with van der Waals surface area (Å²) in [5.41, 5.74) is -0.156. The van der Waals surface area contributed by atoms with Crippen molar-refractivity contribution >= 4 is 28.9 Å². The Hall–Kier alpha value is -2.45. The monoisotopic (exact) mass is 414 g/mol. The SMILES string of the molecule is O=C(C[NH+]1CCN(c2ccccc2O)CC1)Nc1ccc(Cl)c(C(F)(F)F)c1. The van der Waals surface area contributed by atoms with Crippen LogP contribution in [0.4, 0.5) is 24.5 Å². The molecular formula is C19H20ClF3N3O2+. The Balaban J connectivity index is 1.55. The van der Waals surface area contributed by atoms with Crippen LogP contribution in [0, 0.1) is 0 Å². The van der Waals surface area contributed by atoms with Gasteiger partial charge in [0, 0.05) is 5.69 Å². The maximum Gasteiger partial charge on any atom is 0.417 e. The summed E-state index contributed by atoms with van der Waals surface area (Å²) in [7, 11) is 0. The van der Waals surface area contributed by atoms with Gasteiger partial charge in [0.25, 0.3) is 5.91 Å². The number of carbonyl (C=O) groups is 1. The summed E-state index contributed by atoms with van der Waals surface area (Å²) in [6.45, 7) is 2.84. The summed E-state index contributed by atoms with van der Waals surface area (Å²) in [5, 5.41) is 12.0. The van der Waals surface area contributed by atoms with Crippen LogP contribution in [0.15, 0.2) is 42.5 Å². The molecule has 1 aliphatic rings. The van der Waals surface area contributed by atoms with E-state index in [1.54, 1.807) is 12.1 Å². The number of alkyl halides is 3. The number of hydrogen-bond acceptors (Lipinski definition) is 3. The van der Waals surface area contributed by atoms with Crippen molar-refractivity contribution in [3.05, 3.63) is 53.1 Å². The molecule has 0 bridgehead atoms. The first kappa shape index (κ1) is 20.3. The fourth-order valence-corrected chi connectivity index (χ4v) is 3.45. The lowest BCUT2D eigenvalue weighted by Gasteiger charge is -2.33. The molecule has 0 radical (unpaired) electrons. The maximum atomic E-state index is 12.9. The average molecular weight is 415 g/mol. The van der Waals surface area contributed by atoms with Crippen molar-refractivity contribution in [2.24, 2.45) is 0 Å². The number of anilines is 2. The molecule has 0 atom stereocenters. The smallest absolute Gasteiger partial charge is 0.417 e. The van der Waals surface area contributed by atoms with E-state index >= 15 is 0 Å². The zero-order valence-electron chi connectivity index (χ0n) is 14.9. The van der Waals surface area contributed by atoms with E-state index in [1.165, 1.54) is 6.07 Å². The number of phenolic OH excluding ortho intramolecular Hbond substituents is 1. The number of piperazine rings is 1. The molecule has 0 aliphatic carbocycles. The van der Waals surface area contributed by atoms with E-state index in [2.05, 4.69) is 5.32 Å². The van der Waals surface area contributed by atoms with Crippen LogP contribution >= 0.6 is 11.6 Å². The van der Waals surface area contributed by atoms with Gasteiger partial charge in [-0.15, -0.1) is 0 Å². The Labute approximate surface area is 165 Å². The largest absolute Gasteiger partial charge is 0.506 e. The molecule has 5 nitrogen and oxygen atoms in total. The second kappa shape index (κ2) is 8.28. The van der Waals surface area contributed by atoms with Crippen LogP contribution in [0.1, 0.15) is 5.56 Å². The van der Waals surface area contributed by atoms with E-state index in [0.29, 0.717) is 26.2 Å². The molecule has 0 spiro atoms. The molecule has 0 unspecified atom stereocenters. The summed E-state index contributed by atoms with van der Waals surface area (Å²) < 4.78 is 38.8. The number of hydrogen-bond donors (Lipinski definition) is 3. The molecule has 3 rings (SSSR count). The number of amides is 1. The van der Waals surface area contributed by atoms with Crippen molar-refractivity contribution in [2.45, 2.75) is 6.18 Å². The minimum atomic E-state index is -4.58. The molecule has 2 aromatic rings. The quantitative estimate of drug-likeness (QED) is 0.720. The van der Waals surface area contributed by atoms with Crippen molar-refractivity contribution in [3.63, 3.8) is 0 Å². The molecular weight excluding hydrogens is 395 g/mol. The second-order valence-electron chi connectivity index (χ2n) is 6.64. The normalized spacial score (nSPS) is 15.5. The number of rotatable bonds is 4. The molecule has 1 saturated heterocycles.